The molecule has 1 aromatic heterocycles. The van der Waals surface area contributed by atoms with Crippen LogP contribution in [0.4, 0.5) is 5.69 Å². The first-order valence-corrected chi connectivity index (χ1v) is 10.7. The van der Waals surface area contributed by atoms with Gasteiger partial charge < -0.3 is 10.5 Å². The van der Waals surface area contributed by atoms with Crippen LogP contribution in [0.25, 0.3) is 0 Å². The maximum atomic E-state index is 6.29. The first-order chi connectivity index (χ1) is 13.6. The number of anilines is 1. The molecule has 1 fully saturated rings. The second kappa shape index (κ2) is 8.08. The van der Waals surface area contributed by atoms with E-state index < -0.39 is 5.72 Å². The molecular formula is C24H28N2OS. The molecule has 0 bridgehead atoms. The minimum absolute atomic E-state index is 0.231. The van der Waals surface area contributed by atoms with Gasteiger partial charge in [-0.2, -0.15) is 0 Å². The highest BCUT2D eigenvalue weighted by Crippen LogP contribution is 2.50. The van der Waals surface area contributed by atoms with Crippen molar-refractivity contribution >= 4 is 17.0 Å². The molecule has 0 spiro atoms. The highest BCUT2D eigenvalue weighted by Gasteiger charge is 2.49. The molecule has 4 rings (SSSR count). The summed E-state index contributed by atoms with van der Waals surface area (Å²) in [4.78, 5) is 3.93. The van der Waals surface area contributed by atoms with Crippen molar-refractivity contribution in [1.82, 2.24) is 4.90 Å². The van der Waals surface area contributed by atoms with Crippen molar-refractivity contribution in [2.24, 2.45) is 0 Å². The van der Waals surface area contributed by atoms with E-state index in [4.69, 9.17) is 10.5 Å². The molecule has 4 heteroatoms. The average molecular weight is 393 g/mol. The van der Waals surface area contributed by atoms with Crippen LogP contribution in [-0.4, -0.2) is 24.3 Å². The Kier molecular flexibility index (Phi) is 5.54. The second-order valence-corrected chi connectivity index (χ2v) is 8.70. The number of hydrogen-bond donors (Lipinski definition) is 1. The number of likely N-dealkylation sites (tertiary alicyclic amines) is 1. The van der Waals surface area contributed by atoms with Crippen molar-refractivity contribution in [3.8, 4) is 0 Å². The molecule has 0 saturated carbocycles. The Hall–Kier alpha value is -2.14. The van der Waals surface area contributed by atoms with Gasteiger partial charge in [-0.3, -0.25) is 4.90 Å². The molecule has 0 aliphatic carbocycles. The standard InChI is InChI=1S/C24H28N2OS/c1-24(27-2)23(19-10-12-20(25)13-11-19)21(22-9-6-16-28-22)14-15-26(24)17-18-7-4-3-5-8-18/h3-13,16,21,23H,14-15,17,25H2,1-2H3. The van der Waals surface area contributed by atoms with E-state index in [9.17, 15) is 0 Å². The zero-order valence-electron chi connectivity index (χ0n) is 16.5. The Morgan fingerprint density at radius 3 is 2.46 bits per heavy atom. The van der Waals surface area contributed by atoms with Gasteiger partial charge >= 0.3 is 0 Å². The fraction of sp³-hybridized carbons (Fsp3) is 0.333. The van der Waals surface area contributed by atoms with E-state index in [-0.39, 0.29) is 5.92 Å². The Morgan fingerprint density at radius 2 is 1.82 bits per heavy atom. The third-order valence-corrected chi connectivity index (χ3v) is 7.16. The number of nitrogen functional groups attached to an aromatic ring is 1. The van der Waals surface area contributed by atoms with Gasteiger partial charge in [0, 0.05) is 42.6 Å². The fourth-order valence-electron chi connectivity index (χ4n) is 4.60. The van der Waals surface area contributed by atoms with Crippen molar-refractivity contribution in [1.29, 1.82) is 0 Å². The first kappa shape index (κ1) is 19.2. The number of benzene rings is 2. The van der Waals surface area contributed by atoms with Crippen LogP contribution in [0.3, 0.4) is 0 Å². The summed E-state index contributed by atoms with van der Waals surface area (Å²) >= 11 is 1.85. The molecule has 3 unspecified atom stereocenters. The molecule has 0 radical (unpaired) electrons. The molecule has 3 nitrogen and oxygen atoms in total. The lowest BCUT2D eigenvalue weighted by Crippen LogP contribution is -2.57. The molecule has 3 aromatic rings. The number of nitrogens with zero attached hydrogens (tertiary/aromatic N) is 1. The molecule has 2 aromatic carbocycles. The maximum Gasteiger partial charge on any atom is 0.126 e. The summed E-state index contributed by atoms with van der Waals surface area (Å²) in [5.41, 5.74) is 8.97. The molecule has 1 aliphatic heterocycles. The third kappa shape index (κ3) is 3.60. The summed E-state index contributed by atoms with van der Waals surface area (Å²) in [5, 5.41) is 2.18. The zero-order chi connectivity index (χ0) is 19.6. The Morgan fingerprint density at radius 1 is 1.07 bits per heavy atom. The van der Waals surface area contributed by atoms with Gasteiger partial charge in [0.25, 0.3) is 0 Å². The molecule has 1 aliphatic rings. The van der Waals surface area contributed by atoms with Crippen LogP contribution in [0.2, 0.25) is 0 Å². The van der Waals surface area contributed by atoms with Gasteiger partial charge in [-0.25, -0.2) is 0 Å². The quantitative estimate of drug-likeness (QED) is 0.586. The molecule has 146 valence electrons. The Bertz CT molecular complexity index is 879. The van der Waals surface area contributed by atoms with Crippen molar-refractivity contribution in [3.05, 3.63) is 88.1 Å². The number of rotatable bonds is 5. The molecule has 1 saturated heterocycles. The Balaban J connectivity index is 1.75. The lowest BCUT2D eigenvalue weighted by atomic mass is 9.72. The van der Waals surface area contributed by atoms with Gasteiger partial charge in [0.2, 0.25) is 0 Å². The topological polar surface area (TPSA) is 38.5 Å². The lowest BCUT2D eigenvalue weighted by Gasteiger charge is -2.52. The van der Waals surface area contributed by atoms with Crippen LogP contribution in [0.1, 0.15) is 41.2 Å². The first-order valence-electron chi connectivity index (χ1n) is 9.85. The van der Waals surface area contributed by atoms with Gasteiger partial charge in [-0.05, 0) is 48.1 Å². The van der Waals surface area contributed by atoms with Crippen LogP contribution in [0.5, 0.6) is 0 Å². The van der Waals surface area contributed by atoms with Crippen LogP contribution >= 0.6 is 11.3 Å². The molecule has 28 heavy (non-hydrogen) atoms. The zero-order valence-corrected chi connectivity index (χ0v) is 17.4. The number of ether oxygens (including phenoxy) is 1. The number of piperidine rings is 1. The van der Waals surface area contributed by atoms with Crippen molar-refractivity contribution < 1.29 is 4.74 Å². The molecule has 2 N–H and O–H groups in total. The smallest absolute Gasteiger partial charge is 0.126 e. The van der Waals surface area contributed by atoms with Crippen molar-refractivity contribution in [3.63, 3.8) is 0 Å². The minimum Gasteiger partial charge on any atom is -0.399 e. The summed E-state index contributed by atoms with van der Waals surface area (Å²) in [5.74, 6) is 0.662. The predicted molar refractivity (Wildman–Crippen MR) is 118 cm³/mol. The van der Waals surface area contributed by atoms with Crippen LogP contribution < -0.4 is 5.73 Å². The van der Waals surface area contributed by atoms with Gasteiger partial charge in [-0.1, -0.05) is 48.5 Å². The highest BCUT2D eigenvalue weighted by molar-refractivity contribution is 7.10. The number of methoxy groups -OCH3 is 1. The molecule has 2 heterocycles. The van der Waals surface area contributed by atoms with Gasteiger partial charge in [-0.15, -0.1) is 11.3 Å². The molecule has 3 atom stereocenters. The van der Waals surface area contributed by atoms with Crippen molar-refractivity contribution in [2.45, 2.75) is 37.5 Å². The van der Waals surface area contributed by atoms with Gasteiger partial charge in [0.15, 0.2) is 0 Å². The van der Waals surface area contributed by atoms with E-state index in [1.165, 1.54) is 16.0 Å². The lowest BCUT2D eigenvalue weighted by molar-refractivity contribution is -0.167. The largest absolute Gasteiger partial charge is 0.399 e. The van der Waals surface area contributed by atoms with Gasteiger partial charge in [0.1, 0.15) is 5.72 Å². The summed E-state index contributed by atoms with van der Waals surface area (Å²) in [7, 11) is 1.85. The number of nitrogens with two attached hydrogens (primary N) is 1. The monoisotopic (exact) mass is 392 g/mol. The molecular weight excluding hydrogens is 364 g/mol. The average Bonchev–Trinajstić information content (AvgIpc) is 3.26. The van der Waals surface area contributed by atoms with E-state index in [0.717, 1.165) is 25.2 Å². The summed E-state index contributed by atoms with van der Waals surface area (Å²) in [6.07, 6.45) is 1.11. The van der Waals surface area contributed by atoms with E-state index >= 15 is 0 Å². The molecule has 0 amide bonds. The third-order valence-electron chi connectivity index (χ3n) is 6.15. The van der Waals surface area contributed by atoms with Crippen LogP contribution in [0.15, 0.2) is 72.1 Å². The minimum atomic E-state index is -0.404. The second-order valence-electron chi connectivity index (χ2n) is 7.72. The summed E-state index contributed by atoms with van der Waals surface area (Å²) in [6, 6.07) is 23.4. The summed E-state index contributed by atoms with van der Waals surface area (Å²) < 4.78 is 6.29. The van der Waals surface area contributed by atoms with E-state index in [1.54, 1.807) is 0 Å². The number of hydrogen-bond acceptors (Lipinski definition) is 4. The fourth-order valence-corrected chi connectivity index (χ4v) is 5.50. The number of thiophene rings is 1. The highest BCUT2D eigenvalue weighted by atomic mass is 32.1. The van der Waals surface area contributed by atoms with Crippen LogP contribution in [0, 0.1) is 0 Å². The maximum absolute atomic E-state index is 6.29. The van der Waals surface area contributed by atoms with Gasteiger partial charge in [0.05, 0.1) is 0 Å². The predicted octanol–water partition coefficient (Wildman–Crippen LogP) is 5.47. The van der Waals surface area contributed by atoms with E-state index in [2.05, 4.69) is 71.8 Å². The van der Waals surface area contributed by atoms with E-state index in [0.29, 0.717) is 5.92 Å². The van der Waals surface area contributed by atoms with Crippen molar-refractivity contribution in [2.75, 3.05) is 19.4 Å². The van der Waals surface area contributed by atoms with Crippen LogP contribution in [-0.2, 0) is 11.3 Å². The Labute approximate surface area is 171 Å². The SMILES string of the molecule is COC1(C)C(c2ccc(N)cc2)C(c2cccs2)CCN1Cc1ccccc1. The normalized spacial score (nSPS) is 25.6. The van der Waals surface area contributed by atoms with E-state index in [1.807, 2.05) is 30.6 Å². The summed E-state index contributed by atoms with van der Waals surface area (Å²) in [6.45, 7) is 4.14.